The molecule has 0 spiro atoms. The molecule has 1 aliphatic carbocycles. The maximum absolute atomic E-state index is 12.1. The molecule has 3 nitrogen and oxygen atoms in total. The minimum atomic E-state index is -0.232. The largest absolute Gasteiger partial charge is 0.872 e. The molecule has 2 aromatic carbocycles. The molecule has 1 radical (unpaired) electrons. The zero-order valence-electron chi connectivity index (χ0n) is 8.81. The van der Waals surface area contributed by atoms with E-state index < -0.39 is 0 Å². The van der Waals surface area contributed by atoms with Crippen molar-refractivity contribution >= 4 is 5.78 Å². The summed E-state index contributed by atoms with van der Waals surface area (Å²) in [6.45, 7) is 0. The van der Waals surface area contributed by atoms with Gasteiger partial charge in [-0.3, -0.25) is 4.79 Å². The van der Waals surface area contributed by atoms with Crippen molar-refractivity contribution in [1.29, 1.82) is 0 Å². The molecule has 0 bridgehead atoms. The van der Waals surface area contributed by atoms with Gasteiger partial charge in [-0.15, -0.1) is 5.75 Å². The molecule has 17 heavy (non-hydrogen) atoms. The smallest absolute Gasteiger partial charge is 0.193 e. The van der Waals surface area contributed by atoms with Gasteiger partial charge in [-0.2, -0.15) is 0 Å². The Morgan fingerprint density at radius 3 is 2.29 bits per heavy atom. The van der Waals surface area contributed by atoms with Crippen LogP contribution >= 0.6 is 0 Å². The first kappa shape index (κ1) is 10.1. The van der Waals surface area contributed by atoms with Crippen LogP contribution in [0, 0.1) is 6.10 Å². The molecule has 3 rings (SSSR count). The highest BCUT2D eigenvalue weighted by molar-refractivity contribution is 6.13. The summed E-state index contributed by atoms with van der Waals surface area (Å²) in [6, 6.07) is 10.9. The van der Waals surface area contributed by atoms with Crippen LogP contribution in [0.3, 0.4) is 0 Å². The first-order valence-electron chi connectivity index (χ1n) is 5.20. The Morgan fingerprint density at radius 1 is 0.882 bits per heavy atom. The summed E-state index contributed by atoms with van der Waals surface area (Å²) in [4.78, 5) is 12.1. The van der Waals surface area contributed by atoms with Gasteiger partial charge in [0, 0.05) is 22.3 Å². The molecule has 0 saturated heterocycles. The van der Waals surface area contributed by atoms with Gasteiger partial charge in [0.25, 0.3) is 0 Å². The van der Waals surface area contributed by atoms with Crippen LogP contribution in [0.5, 0.6) is 5.75 Å². The Kier molecular flexibility index (Phi) is 2.03. The maximum atomic E-state index is 12.1. The number of hydrogen-bond donors (Lipinski definition) is 1. The maximum Gasteiger partial charge on any atom is 0.193 e. The van der Waals surface area contributed by atoms with Crippen LogP contribution in [0.25, 0.3) is 0 Å². The van der Waals surface area contributed by atoms with Gasteiger partial charge in [0.2, 0.25) is 0 Å². The highest BCUT2D eigenvalue weighted by Crippen LogP contribution is 2.34. The van der Waals surface area contributed by atoms with E-state index in [0.29, 0.717) is 16.7 Å². The number of hydrogen-bond acceptors (Lipinski definition) is 3. The quantitative estimate of drug-likeness (QED) is 0.739. The predicted molar refractivity (Wildman–Crippen MR) is 59.1 cm³/mol. The average Bonchev–Trinajstić information content (AvgIpc) is 2.36. The van der Waals surface area contributed by atoms with Crippen LogP contribution in [-0.2, 0) is 0 Å². The van der Waals surface area contributed by atoms with Gasteiger partial charge in [0.05, 0.1) is 0 Å². The summed E-state index contributed by atoms with van der Waals surface area (Å²) < 4.78 is 0. The van der Waals surface area contributed by atoms with Crippen molar-refractivity contribution in [2.24, 2.45) is 0 Å². The van der Waals surface area contributed by atoms with E-state index in [1.165, 1.54) is 18.2 Å². The first-order valence-corrected chi connectivity index (χ1v) is 5.20. The molecule has 0 fully saturated rings. The number of carbonyl (C=O) groups is 1. The summed E-state index contributed by atoms with van der Waals surface area (Å²) in [7, 11) is 0. The molecule has 0 heterocycles. The number of carbonyl (C=O) groups excluding carboxylic acids is 1. The van der Waals surface area contributed by atoms with Crippen LogP contribution < -0.4 is 5.11 Å². The summed E-state index contributed by atoms with van der Waals surface area (Å²) >= 11 is 0. The molecule has 0 saturated carbocycles. The number of benzene rings is 2. The third-order valence-electron chi connectivity index (χ3n) is 2.92. The van der Waals surface area contributed by atoms with Gasteiger partial charge in [-0.1, -0.05) is 42.5 Å². The number of rotatable bonds is 0. The van der Waals surface area contributed by atoms with Crippen molar-refractivity contribution in [3.05, 3.63) is 70.8 Å². The summed E-state index contributed by atoms with van der Waals surface area (Å²) in [5.74, 6) is -0.449. The van der Waals surface area contributed by atoms with E-state index in [-0.39, 0.29) is 23.2 Å². The topological polar surface area (TPSA) is 60.4 Å². The zero-order chi connectivity index (χ0) is 12.0. The van der Waals surface area contributed by atoms with E-state index in [1.54, 1.807) is 24.3 Å². The SMILES string of the molecule is O=C1c2ccccc2[C](O)c2ccc([O-])cc21. The average molecular weight is 224 g/mol. The van der Waals surface area contributed by atoms with E-state index >= 15 is 0 Å². The van der Waals surface area contributed by atoms with Gasteiger partial charge in [-0.25, -0.2) is 0 Å². The lowest BCUT2D eigenvalue weighted by molar-refractivity contribution is -0.268. The third-order valence-corrected chi connectivity index (χ3v) is 2.92. The lowest BCUT2D eigenvalue weighted by atomic mass is 9.83. The van der Waals surface area contributed by atoms with Gasteiger partial charge < -0.3 is 10.2 Å². The molecule has 0 aliphatic heterocycles. The lowest BCUT2D eigenvalue weighted by Crippen LogP contribution is -2.20. The summed E-state index contributed by atoms with van der Waals surface area (Å²) in [6.07, 6.45) is 0.0511. The minimum Gasteiger partial charge on any atom is -0.872 e. The van der Waals surface area contributed by atoms with Gasteiger partial charge in [0.1, 0.15) is 0 Å². The normalized spacial score (nSPS) is 14.3. The minimum absolute atomic E-state index is 0.0511. The number of aliphatic hydroxyl groups is 1. The highest BCUT2D eigenvalue weighted by atomic mass is 16.3. The molecular formula is C14H8O3-. The van der Waals surface area contributed by atoms with E-state index in [1.807, 2.05) is 0 Å². The lowest BCUT2D eigenvalue weighted by Gasteiger charge is -2.23. The predicted octanol–water partition coefficient (Wildman–Crippen LogP) is 1.61. The standard InChI is InChI=1S/C14H9O3/c15-8-5-6-11-12(7-8)14(17)10-4-2-1-3-9(10)13(11)16/h1-7,15-16H/p-1. The number of fused-ring (bicyclic) bond motifs is 2. The fourth-order valence-electron chi connectivity index (χ4n) is 2.10. The molecule has 2 aromatic rings. The first-order chi connectivity index (χ1) is 8.18. The Morgan fingerprint density at radius 2 is 1.53 bits per heavy atom. The molecule has 3 heteroatoms. The van der Waals surface area contributed by atoms with Crippen molar-refractivity contribution in [3.8, 4) is 5.75 Å². The number of aliphatic hydroxyl groups excluding tert-OH is 1. The fraction of sp³-hybridized carbons (Fsp3) is 0. The zero-order valence-corrected chi connectivity index (χ0v) is 8.81. The third kappa shape index (κ3) is 1.36. The molecule has 0 aromatic heterocycles. The second kappa shape index (κ2) is 3.43. The van der Waals surface area contributed by atoms with E-state index in [9.17, 15) is 15.0 Å². The van der Waals surface area contributed by atoms with Crippen molar-refractivity contribution in [3.63, 3.8) is 0 Å². The van der Waals surface area contributed by atoms with Crippen molar-refractivity contribution in [2.75, 3.05) is 0 Å². The van der Waals surface area contributed by atoms with Crippen LogP contribution in [-0.4, -0.2) is 10.9 Å². The Bertz CT molecular complexity index is 617. The second-order valence-corrected chi connectivity index (χ2v) is 3.93. The fourth-order valence-corrected chi connectivity index (χ4v) is 2.10. The Labute approximate surface area is 98.0 Å². The van der Waals surface area contributed by atoms with Crippen LogP contribution in [0.4, 0.5) is 0 Å². The van der Waals surface area contributed by atoms with Gasteiger partial charge in [0.15, 0.2) is 11.9 Å². The van der Waals surface area contributed by atoms with Gasteiger partial charge in [-0.05, 0) is 0 Å². The van der Waals surface area contributed by atoms with E-state index in [0.717, 1.165) is 0 Å². The monoisotopic (exact) mass is 224 g/mol. The molecule has 0 atom stereocenters. The van der Waals surface area contributed by atoms with Crippen LogP contribution in [0.2, 0.25) is 0 Å². The van der Waals surface area contributed by atoms with Crippen molar-refractivity contribution < 1.29 is 15.0 Å². The summed E-state index contributed by atoms with van der Waals surface area (Å²) in [5, 5.41) is 21.3. The van der Waals surface area contributed by atoms with E-state index in [4.69, 9.17) is 0 Å². The molecule has 0 amide bonds. The summed E-state index contributed by atoms with van der Waals surface area (Å²) in [5.41, 5.74) is 1.65. The Balaban J connectivity index is 2.29. The molecule has 83 valence electrons. The molecule has 1 N–H and O–H groups in total. The Hall–Kier alpha value is -2.13. The number of ketones is 1. The van der Waals surface area contributed by atoms with E-state index in [2.05, 4.69) is 0 Å². The molecular weight excluding hydrogens is 216 g/mol. The highest BCUT2D eigenvalue weighted by Gasteiger charge is 2.29. The van der Waals surface area contributed by atoms with Crippen LogP contribution in [0.1, 0.15) is 27.0 Å². The second-order valence-electron chi connectivity index (χ2n) is 3.93. The van der Waals surface area contributed by atoms with Crippen LogP contribution in [0.15, 0.2) is 42.5 Å². The molecule has 1 aliphatic rings. The van der Waals surface area contributed by atoms with Crippen molar-refractivity contribution in [2.45, 2.75) is 0 Å². The van der Waals surface area contributed by atoms with Crippen molar-refractivity contribution in [1.82, 2.24) is 0 Å². The molecule has 0 unspecified atom stereocenters. The van der Waals surface area contributed by atoms with Gasteiger partial charge >= 0.3 is 0 Å².